The van der Waals surface area contributed by atoms with E-state index >= 15 is 0 Å². The van der Waals surface area contributed by atoms with Gasteiger partial charge in [0.1, 0.15) is 12.3 Å². The molecule has 0 aliphatic carbocycles. The Morgan fingerprint density at radius 3 is 2.51 bits per heavy atom. The Labute approximate surface area is 223 Å². The van der Waals surface area contributed by atoms with E-state index in [0.717, 1.165) is 20.3 Å². The molecule has 8 heteroatoms. The van der Waals surface area contributed by atoms with E-state index in [0.29, 0.717) is 35.3 Å². The molecule has 0 bridgehead atoms. The summed E-state index contributed by atoms with van der Waals surface area (Å²) in [5, 5.41) is 3.01. The Bertz CT molecular complexity index is 1290. The zero-order valence-corrected chi connectivity index (χ0v) is 22.2. The fourth-order valence-electron chi connectivity index (χ4n) is 3.69. The molecule has 1 saturated heterocycles. The molecule has 0 unspecified atom stereocenters. The van der Waals surface area contributed by atoms with Crippen LogP contribution < -0.4 is 14.8 Å². The molecular weight excluding hydrogens is 579 g/mol. The monoisotopic (exact) mass is 602 g/mol. The fourth-order valence-corrected chi connectivity index (χ4v) is 4.32. The number of carbonyl (C=O) groups is 2. The van der Waals surface area contributed by atoms with Crippen LogP contribution in [-0.4, -0.2) is 23.4 Å². The van der Waals surface area contributed by atoms with E-state index in [1.54, 1.807) is 18.2 Å². The van der Waals surface area contributed by atoms with Gasteiger partial charge in [-0.15, -0.1) is 0 Å². The van der Waals surface area contributed by atoms with Crippen molar-refractivity contribution in [3.8, 4) is 11.5 Å². The molecule has 3 aromatic rings. The van der Waals surface area contributed by atoms with Crippen LogP contribution in [0.4, 0.5) is 4.79 Å². The third-order valence-electron chi connectivity index (χ3n) is 5.32. The smallest absolute Gasteiger partial charge is 0.329 e. The number of benzene rings is 3. The highest BCUT2D eigenvalue weighted by Gasteiger charge is 2.33. The minimum absolute atomic E-state index is 0.175. The number of urea groups is 1. The SMILES string of the molecule is CCOc1cc(/C=C2/NC(=O)N(Cc3cccc(C)c3)C2=O)cc(Cl)c1OCc1ccc(I)cc1. The molecule has 0 spiro atoms. The molecular formula is C27H24ClIN2O4. The van der Waals surface area contributed by atoms with Crippen molar-refractivity contribution in [1.29, 1.82) is 0 Å². The van der Waals surface area contributed by atoms with Crippen LogP contribution in [0.2, 0.25) is 5.02 Å². The van der Waals surface area contributed by atoms with Gasteiger partial charge < -0.3 is 14.8 Å². The quantitative estimate of drug-likeness (QED) is 0.186. The van der Waals surface area contributed by atoms with Gasteiger partial charge in [0, 0.05) is 3.57 Å². The number of carbonyl (C=O) groups excluding carboxylic acids is 2. The topological polar surface area (TPSA) is 67.9 Å². The van der Waals surface area contributed by atoms with E-state index in [2.05, 4.69) is 27.9 Å². The molecule has 0 atom stereocenters. The molecule has 180 valence electrons. The molecule has 6 nitrogen and oxygen atoms in total. The number of nitrogens with one attached hydrogen (secondary N) is 1. The van der Waals surface area contributed by atoms with E-state index in [1.165, 1.54) is 4.90 Å². The van der Waals surface area contributed by atoms with Crippen molar-refractivity contribution in [1.82, 2.24) is 10.2 Å². The summed E-state index contributed by atoms with van der Waals surface area (Å²) in [6.45, 7) is 4.77. The summed E-state index contributed by atoms with van der Waals surface area (Å²) in [6.07, 6.45) is 1.59. The van der Waals surface area contributed by atoms with Crippen molar-refractivity contribution < 1.29 is 19.1 Å². The first-order valence-corrected chi connectivity index (χ1v) is 12.5. The van der Waals surface area contributed by atoms with E-state index in [1.807, 2.05) is 62.4 Å². The number of halogens is 2. The lowest BCUT2D eigenvalue weighted by molar-refractivity contribution is -0.123. The zero-order valence-electron chi connectivity index (χ0n) is 19.3. The lowest BCUT2D eigenvalue weighted by Gasteiger charge is -2.15. The number of hydrogen-bond donors (Lipinski definition) is 1. The largest absolute Gasteiger partial charge is 0.490 e. The molecule has 4 rings (SSSR count). The van der Waals surface area contributed by atoms with Crippen LogP contribution >= 0.6 is 34.2 Å². The summed E-state index contributed by atoms with van der Waals surface area (Å²) in [6, 6.07) is 18.7. The summed E-state index contributed by atoms with van der Waals surface area (Å²) in [5.41, 5.74) is 3.73. The number of rotatable bonds is 8. The maximum Gasteiger partial charge on any atom is 0.329 e. The van der Waals surface area contributed by atoms with Gasteiger partial charge in [0.25, 0.3) is 5.91 Å². The van der Waals surface area contributed by atoms with Gasteiger partial charge in [-0.3, -0.25) is 9.69 Å². The Hall–Kier alpha value is -3.04. The van der Waals surface area contributed by atoms with Gasteiger partial charge in [0.15, 0.2) is 11.5 Å². The number of aryl methyl sites for hydroxylation is 1. The van der Waals surface area contributed by atoms with Crippen molar-refractivity contribution in [2.45, 2.75) is 27.0 Å². The summed E-state index contributed by atoms with van der Waals surface area (Å²) in [7, 11) is 0. The second-order valence-corrected chi connectivity index (χ2v) is 9.70. The molecule has 1 aliphatic heterocycles. The summed E-state index contributed by atoms with van der Waals surface area (Å²) < 4.78 is 12.9. The Morgan fingerprint density at radius 2 is 1.80 bits per heavy atom. The van der Waals surface area contributed by atoms with Gasteiger partial charge in [-0.05, 0) is 83.5 Å². The average Bonchev–Trinajstić information content (AvgIpc) is 3.07. The predicted octanol–water partition coefficient (Wildman–Crippen LogP) is 6.32. The first-order valence-electron chi connectivity index (χ1n) is 11.1. The summed E-state index contributed by atoms with van der Waals surface area (Å²) in [4.78, 5) is 26.6. The standard InChI is InChI=1S/C27H24ClIN2O4/c1-3-34-24-14-20(12-22(28)25(24)35-16-18-7-9-21(29)10-8-18)13-23-26(32)31(27(33)30-23)15-19-6-4-5-17(2)11-19/h4-14H,3,15-16H2,1-2H3,(H,30,33)/b23-13+. The Kier molecular flexibility index (Phi) is 7.97. The zero-order chi connectivity index (χ0) is 24.9. The minimum atomic E-state index is -0.462. The van der Waals surface area contributed by atoms with E-state index in [-0.39, 0.29) is 12.2 Å². The fraction of sp³-hybridized carbons (Fsp3) is 0.185. The van der Waals surface area contributed by atoms with Crippen molar-refractivity contribution in [2.75, 3.05) is 6.61 Å². The molecule has 1 fully saturated rings. The second kappa shape index (κ2) is 11.1. The van der Waals surface area contributed by atoms with Crippen LogP contribution in [0.15, 0.2) is 66.4 Å². The number of imide groups is 1. The summed E-state index contributed by atoms with van der Waals surface area (Å²) >= 11 is 8.80. The Balaban J connectivity index is 1.55. The minimum Gasteiger partial charge on any atom is -0.490 e. The van der Waals surface area contributed by atoms with Gasteiger partial charge in [-0.2, -0.15) is 0 Å². The molecule has 35 heavy (non-hydrogen) atoms. The second-order valence-electron chi connectivity index (χ2n) is 8.05. The molecule has 1 N–H and O–H groups in total. The van der Waals surface area contributed by atoms with Gasteiger partial charge in [0.05, 0.1) is 18.2 Å². The highest BCUT2D eigenvalue weighted by molar-refractivity contribution is 14.1. The van der Waals surface area contributed by atoms with Crippen LogP contribution in [0.1, 0.15) is 29.2 Å². The first-order chi connectivity index (χ1) is 16.8. The number of nitrogens with zero attached hydrogens (tertiary/aromatic N) is 1. The molecule has 3 amide bonds. The molecule has 1 heterocycles. The van der Waals surface area contributed by atoms with Crippen LogP contribution in [0.25, 0.3) is 6.08 Å². The van der Waals surface area contributed by atoms with Gasteiger partial charge in [0.2, 0.25) is 0 Å². The predicted molar refractivity (Wildman–Crippen MR) is 144 cm³/mol. The number of ether oxygens (including phenoxy) is 2. The highest BCUT2D eigenvalue weighted by atomic mass is 127. The normalized spacial score (nSPS) is 14.4. The number of hydrogen-bond acceptors (Lipinski definition) is 4. The van der Waals surface area contributed by atoms with Gasteiger partial charge >= 0.3 is 6.03 Å². The van der Waals surface area contributed by atoms with Crippen LogP contribution in [0.5, 0.6) is 11.5 Å². The van der Waals surface area contributed by atoms with Crippen LogP contribution in [0.3, 0.4) is 0 Å². The lowest BCUT2D eigenvalue weighted by atomic mass is 10.1. The average molecular weight is 603 g/mol. The summed E-state index contributed by atoms with van der Waals surface area (Å²) in [5.74, 6) is 0.493. The molecule has 0 aromatic heterocycles. The Morgan fingerprint density at radius 1 is 1.03 bits per heavy atom. The van der Waals surface area contributed by atoms with Crippen molar-refractivity contribution in [3.05, 3.63) is 97.2 Å². The maximum atomic E-state index is 12.9. The highest BCUT2D eigenvalue weighted by Crippen LogP contribution is 2.38. The third-order valence-corrected chi connectivity index (χ3v) is 6.32. The van der Waals surface area contributed by atoms with Gasteiger partial charge in [-0.25, -0.2) is 4.79 Å². The third kappa shape index (κ3) is 6.15. The maximum absolute atomic E-state index is 12.9. The van der Waals surface area contributed by atoms with Crippen LogP contribution in [0, 0.1) is 10.5 Å². The van der Waals surface area contributed by atoms with Gasteiger partial charge in [-0.1, -0.05) is 53.6 Å². The van der Waals surface area contributed by atoms with Crippen molar-refractivity contribution in [3.63, 3.8) is 0 Å². The van der Waals surface area contributed by atoms with Crippen molar-refractivity contribution in [2.24, 2.45) is 0 Å². The van der Waals surface area contributed by atoms with E-state index in [9.17, 15) is 9.59 Å². The molecule has 3 aromatic carbocycles. The molecule has 0 saturated carbocycles. The van der Waals surface area contributed by atoms with E-state index in [4.69, 9.17) is 21.1 Å². The van der Waals surface area contributed by atoms with Crippen molar-refractivity contribution >= 4 is 52.2 Å². The first kappa shape index (κ1) is 25.1. The lowest BCUT2D eigenvalue weighted by Crippen LogP contribution is -2.30. The number of amides is 3. The van der Waals surface area contributed by atoms with Crippen LogP contribution in [-0.2, 0) is 17.9 Å². The molecule has 0 radical (unpaired) electrons. The van der Waals surface area contributed by atoms with E-state index < -0.39 is 11.9 Å². The molecule has 1 aliphatic rings.